The molecule has 1 fully saturated rings. The van der Waals surface area contributed by atoms with Crippen LogP contribution >= 0.6 is 11.6 Å². The van der Waals surface area contributed by atoms with E-state index in [0.717, 1.165) is 17.8 Å². The molecule has 2 N–H and O–H groups in total. The number of nitrogens with zero attached hydrogens (tertiary/aromatic N) is 2. The lowest BCUT2D eigenvalue weighted by atomic mass is 9.95. The van der Waals surface area contributed by atoms with Gasteiger partial charge >= 0.3 is 6.18 Å². The number of halogens is 4. The molecule has 1 saturated heterocycles. The van der Waals surface area contributed by atoms with E-state index in [0.29, 0.717) is 44.0 Å². The highest BCUT2D eigenvalue weighted by atomic mass is 35.5. The van der Waals surface area contributed by atoms with Crippen molar-refractivity contribution in [2.24, 2.45) is 5.92 Å². The van der Waals surface area contributed by atoms with Crippen LogP contribution in [-0.4, -0.2) is 29.9 Å². The molecule has 2 aromatic rings. The number of nitrogens with one attached hydrogen (secondary N) is 2. The first-order chi connectivity index (χ1) is 14.6. The summed E-state index contributed by atoms with van der Waals surface area (Å²) in [5.41, 5.74) is 0.701. The van der Waals surface area contributed by atoms with E-state index in [2.05, 4.69) is 15.6 Å². The third-order valence-electron chi connectivity index (χ3n) is 5.06. The van der Waals surface area contributed by atoms with Crippen LogP contribution in [0, 0.1) is 5.92 Å². The molecule has 2 amide bonds. The lowest BCUT2D eigenvalue weighted by Gasteiger charge is -2.32. The van der Waals surface area contributed by atoms with Crippen molar-refractivity contribution in [2.45, 2.75) is 32.5 Å². The Morgan fingerprint density at radius 3 is 2.39 bits per heavy atom. The van der Waals surface area contributed by atoms with Crippen LogP contribution in [0.25, 0.3) is 0 Å². The van der Waals surface area contributed by atoms with Crippen molar-refractivity contribution < 1.29 is 22.8 Å². The third-order valence-corrected chi connectivity index (χ3v) is 5.33. The third kappa shape index (κ3) is 6.10. The van der Waals surface area contributed by atoms with Crippen LogP contribution in [0.4, 0.5) is 24.7 Å². The van der Waals surface area contributed by atoms with E-state index >= 15 is 0 Å². The van der Waals surface area contributed by atoms with Crippen LogP contribution in [0.2, 0.25) is 5.02 Å². The summed E-state index contributed by atoms with van der Waals surface area (Å²) >= 11 is 6.02. The zero-order chi connectivity index (χ0) is 22.6. The van der Waals surface area contributed by atoms with Crippen LogP contribution < -0.4 is 15.5 Å². The average Bonchev–Trinajstić information content (AvgIpc) is 2.72. The van der Waals surface area contributed by atoms with Gasteiger partial charge in [-0.25, -0.2) is 4.98 Å². The van der Waals surface area contributed by atoms with Crippen LogP contribution in [-0.2, 0) is 22.3 Å². The standard InChI is InChI=1S/C21H22ClF3N4O2/c1-13(30)28-17-4-2-14(3-5-17)11-27-20(31)15-6-8-29(9-7-15)19-18(22)10-16(12-26-19)21(23,24)25/h2-5,10,12,15H,6-9,11H2,1H3,(H,27,31)(H,28,30). The molecule has 3 rings (SSSR count). The molecule has 0 saturated carbocycles. The Bertz CT molecular complexity index is 943. The first-order valence-electron chi connectivity index (χ1n) is 9.75. The van der Waals surface area contributed by atoms with Crippen molar-refractivity contribution in [1.29, 1.82) is 0 Å². The molecule has 10 heteroatoms. The maximum Gasteiger partial charge on any atom is 0.417 e. The number of hydrogen-bond acceptors (Lipinski definition) is 4. The molecule has 1 aromatic carbocycles. The number of anilines is 2. The van der Waals surface area contributed by atoms with Crippen molar-refractivity contribution in [1.82, 2.24) is 10.3 Å². The second kappa shape index (κ2) is 9.55. The first kappa shape index (κ1) is 22.9. The Balaban J connectivity index is 1.50. The largest absolute Gasteiger partial charge is 0.417 e. The highest BCUT2D eigenvalue weighted by molar-refractivity contribution is 6.33. The van der Waals surface area contributed by atoms with Gasteiger partial charge in [-0.15, -0.1) is 0 Å². The number of benzene rings is 1. The molecule has 0 radical (unpaired) electrons. The van der Waals surface area contributed by atoms with Crippen LogP contribution in [0.5, 0.6) is 0 Å². The van der Waals surface area contributed by atoms with E-state index in [9.17, 15) is 22.8 Å². The fraction of sp³-hybridized carbons (Fsp3) is 0.381. The number of piperidine rings is 1. The van der Waals surface area contributed by atoms with Gasteiger partial charge in [-0.1, -0.05) is 23.7 Å². The van der Waals surface area contributed by atoms with Crippen molar-refractivity contribution >= 4 is 34.9 Å². The Labute approximate surface area is 182 Å². The topological polar surface area (TPSA) is 74.3 Å². The molecule has 0 bridgehead atoms. The second-order valence-corrected chi connectivity index (χ2v) is 7.79. The Morgan fingerprint density at radius 1 is 1.19 bits per heavy atom. The minimum atomic E-state index is -4.50. The number of amides is 2. The smallest absolute Gasteiger partial charge is 0.355 e. The molecule has 0 spiro atoms. The highest BCUT2D eigenvalue weighted by Gasteiger charge is 2.33. The number of rotatable bonds is 5. The van der Waals surface area contributed by atoms with E-state index in [1.165, 1.54) is 6.92 Å². The normalized spacial score (nSPS) is 14.9. The summed E-state index contributed by atoms with van der Waals surface area (Å²) in [6.45, 7) is 2.75. The van der Waals surface area contributed by atoms with Gasteiger partial charge in [0, 0.05) is 44.4 Å². The number of carbonyl (C=O) groups is 2. The van der Waals surface area contributed by atoms with Crippen LogP contribution in [0.3, 0.4) is 0 Å². The fourth-order valence-electron chi connectivity index (χ4n) is 3.41. The maximum atomic E-state index is 12.8. The number of carbonyl (C=O) groups excluding carboxylic acids is 2. The average molecular weight is 455 g/mol. The first-order valence-corrected chi connectivity index (χ1v) is 10.1. The molecule has 0 unspecified atom stereocenters. The molecular weight excluding hydrogens is 433 g/mol. The van der Waals surface area contributed by atoms with E-state index in [1.807, 2.05) is 12.1 Å². The summed E-state index contributed by atoms with van der Waals surface area (Å²) in [5, 5.41) is 5.53. The Morgan fingerprint density at radius 2 is 1.84 bits per heavy atom. The van der Waals surface area contributed by atoms with Crippen LogP contribution in [0.15, 0.2) is 36.5 Å². The van der Waals surface area contributed by atoms with Gasteiger partial charge in [-0.2, -0.15) is 13.2 Å². The van der Waals surface area contributed by atoms with Gasteiger partial charge in [0.15, 0.2) is 0 Å². The molecule has 166 valence electrons. The fourth-order valence-corrected chi connectivity index (χ4v) is 3.70. The summed E-state index contributed by atoms with van der Waals surface area (Å²) in [6, 6.07) is 8.06. The summed E-state index contributed by atoms with van der Waals surface area (Å²) in [4.78, 5) is 29.2. The molecule has 1 aliphatic rings. The summed E-state index contributed by atoms with van der Waals surface area (Å²) in [6.07, 6.45) is -2.62. The van der Waals surface area contributed by atoms with E-state index in [1.54, 1.807) is 17.0 Å². The van der Waals surface area contributed by atoms with Crippen molar-refractivity contribution in [3.8, 4) is 0 Å². The number of aromatic nitrogens is 1. The summed E-state index contributed by atoms with van der Waals surface area (Å²) in [5.74, 6) is -0.117. The second-order valence-electron chi connectivity index (χ2n) is 7.38. The van der Waals surface area contributed by atoms with E-state index < -0.39 is 11.7 Å². The quantitative estimate of drug-likeness (QED) is 0.708. The maximum absolute atomic E-state index is 12.8. The van der Waals surface area contributed by atoms with Gasteiger partial charge in [0.05, 0.1) is 10.6 Å². The van der Waals surface area contributed by atoms with Crippen molar-refractivity contribution in [3.05, 3.63) is 52.7 Å². The highest BCUT2D eigenvalue weighted by Crippen LogP contribution is 2.34. The molecule has 1 aliphatic heterocycles. The monoisotopic (exact) mass is 454 g/mol. The minimum absolute atomic E-state index is 0.0552. The molecule has 0 aliphatic carbocycles. The molecule has 2 heterocycles. The molecule has 1 aromatic heterocycles. The summed E-state index contributed by atoms with van der Waals surface area (Å²) in [7, 11) is 0. The van der Waals surface area contributed by atoms with Gasteiger partial charge in [0.2, 0.25) is 11.8 Å². The zero-order valence-corrected chi connectivity index (χ0v) is 17.6. The number of pyridine rings is 1. The van der Waals surface area contributed by atoms with E-state index in [4.69, 9.17) is 11.6 Å². The Kier molecular flexibility index (Phi) is 7.04. The number of alkyl halides is 3. The van der Waals surface area contributed by atoms with Crippen molar-refractivity contribution in [3.63, 3.8) is 0 Å². The van der Waals surface area contributed by atoms with Gasteiger partial charge in [0.1, 0.15) is 5.82 Å². The summed E-state index contributed by atoms with van der Waals surface area (Å²) < 4.78 is 38.3. The van der Waals surface area contributed by atoms with Gasteiger partial charge in [-0.05, 0) is 36.6 Å². The molecule has 6 nitrogen and oxygen atoms in total. The van der Waals surface area contributed by atoms with E-state index in [-0.39, 0.29) is 22.8 Å². The Hall–Kier alpha value is -2.81. The van der Waals surface area contributed by atoms with Gasteiger partial charge < -0.3 is 15.5 Å². The SMILES string of the molecule is CC(=O)Nc1ccc(CNC(=O)C2CCN(c3ncc(C(F)(F)F)cc3Cl)CC2)cc1. The van der Waals surface area contributed by atoms with Gasteiger partial charge in [0.25, 0.3) is 0 Å². The minimum Gasteiger partial charge on any atom is -0.355 e. The molecular formula is C21H22ClF3N4O2. The lowest BCUT2D eigenvalue weighted by Crippen LogP contribution is -2.40. The molecule has 0 atom stereocenters. The predicted octanol–water partition coefficient (Wildman–Crippen LogP) is 4.25. The lowest BCUT2D eigenvalue weighted by molar-refractivity contribution is -0.137. The number of hydrogen-bond donors (Lipinski definition) is 2. The predicted molar refractivity (Wildman–Crippen MR) is 112 cm³/mol. The van der Waals surface area contributed by atoms with Crippen LogP contribution in [0.1, 0.15) is 30.9 Å². The molecule has 31 heavy (non-hydrogen) atoms. The van der Waals surface area contributed by atoms with Gasteiger partial charge in [-0.3, -0.25) is 9.59 Å². The zero-order valence-electron chi connectivity index (χ0n) is 16.8. The van der Waals surface area contributed by atoms with Crippen molar-refractivity contribution in [2.75, 3.05) is 23.3 Å².